The van der Waals surface area contributed by atoms with Crippen LogP contribution in [0.2, 0.25) is 0 Å². The lowest BCUT2D eigenvalue weighted by atomic mass is 10.0. The molecule has 0 saturated heterocycles. The minimum absolute atomic E-state index is 0.192. The fourth-order valence-electron chi connectivity index (χ4n) is 2.45. The Bertz CT molecular complexity index is 458. The molecule has 3 nitrogen and oxygen atoms in total. The molecule has 1 saturated carbocycles. The van der Waals surface area contributed by atoms with E-state index in [1.165, 1.54) is 18.9 Å². The maximum atomic E-state index is 13.8. The van der Waals surface area contributed by atoms with Crippen molar-refractivity contribution >= 4 is 6.03 Å². The standard InChI is InChI=1S/C16H23FN2O/c1-2-3-4-7-12-18-15(20)19-16(10-11-16)13-8-5-6-9-14(13)17/h5-6,8-9H,2-4,7,10-12H2,1H3,(H2,18,19,20). The van der Waals surface area contributed by atoms with Crippen molar-refractivity contribution < 1.29 is 9.18 Å². The van der Waals surface area contributed by atoms with Crippen molar-refractivity contribution in [3.8, 4) is 0 Å². The van der Waals surface area contributed by atoms with Gasteiger partial charge in [0.1, 0.15) is 5.82 Å². The highest BCUT2D eigenvalue weighted by molar-refractivity contribution is 5.75. The Hall–Kier alpha value is -1.58. The van der Waals surface area contributed by atoms with E-state index in [1.807, 2.05) is 6.07 Å². The molecule has 0 aliphatic heterocycles. The van der Waals surface area contributed by atoms with E-state index < -0.39 is 5.54 Å². The van der Waals surface area contributed by atoms with Gasteiger partial charge in [0.05, 0.1) is 5.54 Å². The number of rotatable bonds is 7. The van der Waals surface area contributed by atoms with E-state index in [4.69, 9.17) is 0 Å². The third kappa shape index (κ3) is 3.71. The van der Waals surface area contributed by atoms with Gasteiger partial charge in [0, 0.05) is 12.1 Å². The van der Waals surface area contributed by atoms with Crippen LogP contribution in [0.5, 0.6) is 0 Å². The number of hydrogen-bond acceptors (Lipinski definition) is 1. The number of benzene rings is 1. The Labute approximate surface area is 120 Å². The molecule has 1 aromatic carbocycles. The second-order valence-electron chi connectivity index (χ2n) is 5.50. The van der Waals surface area contributed by atoms with Gasteiger partial charge >= 0.3 is 6.03 Å². The molecule has 2 N–H and O–H groups in total. The van der Waals surface area contributed by atoms with E-state index in [1.54, 1.807) is 12.1 Å². The van der Waals surface area contributed by atoms with Crippen molar-refractivity contribution in [1.82, 2.24) is 10.6 Å². The largest absolute Gasteiger partial charge is 0.338 e. The summed E-state index contributed by atoms with van der Waals surface area (Å²) in [6.07, 6.45) is 6.11. The molecule has 110 valence electrons. The third-order valence-corrected chi connectivity index (χ3v) is 3.81. The Balaban J connectivity index is 1.81. The molecular formula is C16H23FN2O. The van der Waals surface area contributed by atoms with Crippen LogP contribution in [0.1, 0.15) is 51.0 Å². The van der Waals surface area contributed by atoms with Gasteiger partial charge < -0.3 is 10.6 Å². The van der Waals surface area contributed by atoms with Crippen LogP contribution in [0.4, 0.5) is 9.18 Å². The van der Waals surface area contributed by atoms with Crippen LogP contribution in [0.3, 0.4) is 0 Å². The number of urea groups is 1. The number of nitrogens with one attached hydrogen (secondary N) is 2. The minimum Gasteiger partial charge on any atom is -0.338 e. The zero-order chi connectivity index (χ0) is 14.4. The van der Waals surface area contributed by atoms with Gasteiger partial charge in [0.25, 0.3) is 0 Å². The molecule has 0 aromatic heterocycles. The van der Waals surface area contributed by atoms with E-state index in [0.29, 0.717) is 12.1 Å². The molecule has 0 radical (unpaired) electrons. The first-order valence-electron chi connectivity index (χ1n) is 7.49. The maximum Gasteiger partial charge on any atom is 0.315 e. The fraction of sp³-hybridized carbons (Fsp3) is 0.562. The van der Waals surface area contributed by atoms with Crippen molar-refractivity contribution in [2.24, 2.45) is 0 Å². The second-order valence-corrected chi connectivity index (χ2v) is 5.50. The lowest BCUT2D eigenvalue weighted by Gasteiger charge is -2.19. The molecule has 2 rings (SSSR count). The third-order valence-electron chi connectivity index (χ3n) is 3.81. The van der Waals surface area contributed by atoms with Gasteiger partial charge in [-0.3, -0.25) is 0 Å². The molecule has 0 spiro atoms. The summed E-state index contributed by atoms with van der Waals surface area (Å²) in [5.74, 6) is -0.242. The number of amides is 2. The average Bonchev–Trinajstić information content (AvgIpc) is 3.19. The molecule has 1 aliphatic carbocycles. The van der Waals surface area contributed by atoms with E-state index >= 15 is 0 Å². The number of hydrogen-bond donors (Lipinski definition) is 2. The molecule has 0 bridgehead atoms. The number of halogens is 1. The van der Waals surface area contributed by atoms with Crippen LogP contribution >= 0.6 is 0 Å². The average molecular weight is 278 g/mol. The number of unbranched alkanes of at least 4 members (excludes halogenated alkanes) is 3. The molecule has 1 aromatic rings. The normalized spacial score (nSPS) is 15.7. The molecule has 0 unspecified atom stereocenters. The molecule has 1 fully saturated rings. The molecule has 0 heterocycles. The highest BCUT2D eigenvalue weighted by atomic mass is 19.1. The summed E-state index contributed by atoms with van der Waals surface area (Å²) in [6.45, 7) is 2.84. The maximum absolute atomic E-state index is 13.8. The number of carbonyl (C=O) groups is 1. The Kier molecular flexibility index (Phi) is 4.99. The topological polar surface area (TPSA) is 41.1 Å². The summed E-state index contributed by atoms with van der Waals surface area (Å²) < 4.78 is 13.8. The Morgan fingerprint density at radius 3 is 2.65 bits per heavy atom. The van der Waals surface area contributed by atoms with Gasteiger partial charge in [-0.15, -0.1) is 0 Å². The first-order chi connectivity index (χ1) is 9.68. The summed E-state index contributed by atoms with van der Waals surface area (Å²) >= 11 is 0. The predicted molar refractivity (Wildman–Crippen MR) is 78.0 cm³/mol. The summed E-state index contributed by atoms with van der Waals surface area (Å²) in [6, 6.07) is 6.48. The Morgan fingerprint density at radius 2 is 2.00 bits per heavy atom. The fourth-order valence-corrected chi connectivity index (χ4v) is 2.45. The number of carbonyl (C=O) groups excluding carboxylic acids is 1. The SMILES string of the molecule is CCCCCCNC(=O)NC1(c2ccccc2F)CC1. The van der Waals surface area contributed by atoms with E-state index in [-0.39, 0.29) is 11.8 Å². The van der Waals surface area contributed by atoms with Gasteiger partial charge in [0.2, 0.25) is 0 Å². The zero-order valence-electron chi connectivity index (χ0n) is 12.0. The van der Waals surface area contributed by atoms with Crippen molar-refractivity contribution in [3.05, 3.63) is 35.6 Å². The van der Waals surface area contributed by atoms with Gasteiger partial charge in [-0.1, -0.05) is 44.4 Å². The van der Waals surface area contributed by atoms with Crippen LogP contribution in [-0.2, 0) is 5.54 Å². The summed E-state index contributed by atoms with van der Waals surface area (Å²) in [4.78, 5) is 11.9. The van der Waals surface area contributed by atoms with Crippen LogP contribution in [0.25, 0.3) is 0 Å². The quantitative estimate of drug-likeness (QED) is 0.734. The van der Waals surface area contributed by atoms with E-state index in [0.717, 1.165) is 25.7 Å². The van der Waals surface area contributed by atoms with Crippen LogP contribution in [-0.4, -0.2) is 12.6 Å². The van der Waals surface area contributed by atoms with Gasteiger partial charge in [-0.2, -0.15) is 0 Å². The highest BCUT2D eigenvalue weighted by Crippen LogP contribution is 2.46. The lowest BCUT2D eigenvalue weighted by Crippen LogP contribution is -2.42. The first kappa shape index (κ1) is 14.8. The van der Waals surface area contributed by atoms with Crippen LogP contribution in [0, 0.1) is 5.82 Å². The minimum atomic E-state index is -0.487. The highest BCUT2D eigenvalue weighted by Gasteiger charge is 2.47. The zero-order valence-corrected chi connectivity index (χ0v) is 12.0. The molecule has 0 atom stereocenters. The van der Waals surface area contributed by atoms with Crippen molar-refractivity contribution in [2.45, 2.75) is 51.0 Å². The summed E-state index contributed by atoms with van der Waals surface area (Å²) in [5, 5.41) is 5.78. The van der Waals surface area contributed by atoms with Gasteiger partial charge in [-0.25, -0.2) is 9.18 Å². The second kappa shape index (κ2) is 6.73. The van der Waals surface area contributed by atoms with Crippen molar-refractivity contribution in [3.63, 3.8) is 0 Å². The van der Waals surface area contributed by atoms with Crippen molar-refractivity contribution in [2.75, 3.05) is 6.54 Å². The molecule has 2 amide bonds. The summed E-state index contributed by atoms with van der Waals surface area (Å²) in [7, 11) is 0. The van der Waals surface area contributed by atoms with Crippen LogP contribution in [0.15, 0.2) is 24.3 Å². The lowest BCUT2D eigenvalue weighted by molar-refractivity contribution is 0.235. The predicted octanol–water partition coefficient (Wildman–Crippen LogP) is 3.69. The summed E-state index contributed by atoms with van der Waals surface area (Å²) in [5.41, 5.74) is 0.111. The molecular weight excluding hydrogens is 255 g/mol. The molecule has 1 aliphatic rings. The Morgan fingerprint density at radius 1 is 1.25 bits per heavy atom. The van der Waals surface area contributed by atoms with Crippen LogP contribution < -0.4 is 10.6 Å². The smallest absolute Gasteiger partial charge is 0.315 e. The monoisotopic (exact) mass is 278 g/mol. The van der Waals surface area contributed by atoms with Crippen molar-refractivity contribution in [1.29, 1.82) is 0 Å². The van der Waals surface area contributed by atoms with Gasteiger partial charge in [0.15, 0.2) is 0 Å². The van der Waals surface area contributed by atoms with E-state index in [9.17, 15) is 9.18 Å². The first-order valence-corrected chi connectivity index (χ1v) is 7.49. The molecule has 20 heavy (non-hydrogen) atoms. The van der Waals surface area contributed by atoms with E-state index in [2.05, 4.69) is 17.6 Å². The molecule has 4 heteroatoms. The van der Waals surface area contributed by atoms with Gasteiger partial charge in [-0.05, 0) is 25.3 Å².